The largest absolute Gasteiger partial charge is 0.488 e. The fourth-order valence-electron chi connectivity index (χ4n) is 1.22. The summed E-state index contributed by atoms with van der Waals surface area (Å²) in [6, 6.07) is 1.87. The maximum atomic E-state index is 5.69. The Morgan fingerprint density at radius 3 is 3.00 bits per heavy atom. The van der Waals surface area contributed by atoms with Crippen molar-refractivity contribution in [2.75, 3.05) is 5.73 Å². The summed E-state index contributed by atoms with van der Waals surface area (Å²) >= 11 is 0. The van der Waals surface area contributed by atoms with E-state index in [4.69, 9.17) is 10.5 Å². The number of nitrogens with two attached hydrogens (primary N) is 1. The van der Waals surface area contributed by atoms with Crippen LogP contribution in [0.1, 0.15) is 25.5 Å². The van der Waals surface area contributed by atoms with Crippen LogP contribution in [-0.2, 0) is 6.42 Å². The molecule has 0 radical (unpaired) electrons. The molecule has 0 unspecified atom stereocenters. The van der Waals surface area contributed by atoms with Gasteiger partial charge >= 0.3 is 0 Å². The Kier molecular flexibility index (Phi) is 2.08. The van der Waals surface area contributed by atoms with Gasteiger partial charge in [-0.15, -0.1) is 0 Å². The molecule has 0 saturated heterocycles. The Bertz CT molecular complexity index is 308. The number of nitrogen functional groups attached to an aromatic ring is 1. The fraction of sp³-hybridized carbons (Fsp3) is 0.500. The first-order valence-electron chi connectivity index (χ1n) is 4.70. The monoisotopic (exact) mass is 178 g/mol. The van der Waals surface area contributed by atoms with Crippen LogP contribution in [0, 0.1) is 0 Å². The Morgan fingerprint density at radius 1 is 1.62 bits per heavy atom. The van der Waals surface area contributed by atoms with E-state index in [1.807, 2.05) is 6.07 Å². The highest BCUT2D eigenvalue weighted by Gasteiger charge is 2.24. The molecule has 1 aromatic rings. The molecule has 0 atom stereocenters. The number of aryl methyl sites for hydroxylation is 1. The molecule has 3 nitrogen and oxygen atoms in total. The molecule has 0 spiro atoms. The van der Waals surface area contributed by atoms with Crippen LogP contribution in [0.4, 0.5) is 5.69 Å². The molecule has 1 aliphatic rings. The zero-order chi connectivity index (χ0) is 9.26. The van der Waals surface area contributed by atoms with Gasteiger partial charge in [0.1, 0.15) is 5.75 Å². The Morgan fingerprint density at radius 2 is 2.38 bits per heavy atom. The van der Waals surface area contributed by atoms with Gasteiger partial charge in [-0.25, -0.2) is 0 Å². The van der Waals surface area contributed by atoms with Gasteiger partial charge in [-0.2, -0.15) is 0 Å². The minimum Gasteiger partial charge on any atom is -0.488 e. The Labute approximate surface area is 77.9 Å². The van der Waals surface area contributed by atoms with Crippen LogP contribution in [-0.4, -0.2) is 11.1 Å². The average molecular weight is 178 g/mol. The molecular weight excluding hydrogens is 164 g/mol. The molecule has 1 aromatic heterocycles. The van der Waals surface area contributed by atoms with Crippen molar-refractivity contribution < 1.29 is 4.74 Å². The van der Waals surface area contributed by atoms with Crippen LogP contribution in [0.3, 0.4) is 0 Å². The van der Waals surface area contributed by atoms with Crippen molar-refractivity contribution in [3.8, 4) is 5.75 Å². The van der Waals surface area contributed by atoms with E-state index in [1.54, 1.807) is 6.20 Å². The van der Waals surface area contributed by atoms with E-state index in [1.165, 1.54) is 0 Å². The molecule has 1 aliphatic carbocycles. The van der Waals surface area contributed by atoms with Crippen molar-refractivity contribution >= 4 is 5.69 Å². The van der Waals surface area contributed by atoms with Gasteiger partial charge in [0.25, 0.3) is 0 Å². The van der Waals surface area contributed by atoms with Crippen molar-refractivity contribution in [1.82, 2.24) is 4.98 Å². The zero-order valence-corrected chi connectivity index (χ0v) is 7.79. The topological polar surface area (TPSA) is 48.1 Å². The summed E-state index contributed by atoms with van der Waals surface area (Å²) in [6.45, 7) is 2.07. The number of anilines is 1. The molecule has 70 valence electrons. The van der Waals surface area contributed by atoms with Gasteiger partial charge < -0.3 is 10.5 Å². The van der Waals surface area contributed by atoms with E-state index in [0.29, 0.717) is 11.8 Å². The van der Waals surface area contributed by atoms with Crippen LogP contribution in [0.2, 0.25) is 0 Å². The van der Waals surface area contributed by atoms with Crippen LogP contribution in [0.15, 0.2) is 12.3 Å². The minimum absolute atomic E-state index is 0.411. The van der Waals surface area contributed by atoms with E-state index in [-0.39, 0.29) is 0 Å². The van der Waals surface area contributed by atoms with Crippen LogP contribution >= 0.6 is 0 Å². The van der Waals surface area contributed by atoms with Gasteiger partial charge in [0.05, 0.1) is 23.7 Å². The summed E-state index contributed by atoms with van der Waals surface area (Å²) in [5.41, 5.74) is 7.31. The minimum atomic E-state index is 0.411. The maximum absolute atomic E-state index is 5.69. The third-order valence-corrected chi connectivity index (χ3v) is 2.10. The van der Waals surface area contributed by atoms with Crippen LogP contribution in [0.25, 0.3) is 0 Å². The summed E-state index contributed by atoms with van der Waals surface area (Å²) in [7, 11) is 0. The van der Waals surface area contributed by atoms with E-state index in [0.717, 1.165) is 30.7 Å². The third-order valence-electron chi connectivity index (χ3n) is 2.10. The van der Waals surface area contributed by atoms with E-state index in [2.05, 4.69) is 11.9 Å². The molecule has 0 bridgehead atoms. The number of hydrogen-bond acceptors (Lipinski definition) is 3. The highest BCUT2D eigenvalue weighted by atomic mass is 16.5. The highest BCUT2D eigenvalue weighted by Crippen LogP contribution is 2.29. The summed E-state index contributed by atoms with van der Waals surface area (Å²) in [6.07, 6.45) is 5.31. The summed E-state index contributed by atoms with van der Waals surface area (Å²) in [5.74, 6) is 0.866. The number of hydrogen-bond donors (Lipinski definition) is 1. The van der Waals surface area contributed by atoms with E-state index in [9.17, 15) is 0 Å². The summed E-state index contributed by atoms with van der Waals surface area (Å²) in [5, 5.41) is 0. The Hall–Kier alpha value is -1.25. The van der Waals surface area contributed by atoms with Crippen molar-refractivity contribution in [3.63, 3.8) is 0 Å². The lowest BCUT2D eigenvalue weighted by Crippen LogP contribution is -2.02. The van der Waals surface area contributed by atoms with Gasteiger partial charge in [-0.05, 0) is 19.3 Å². The normalized spacial score (nSPS) is 15.8. The van der Waals surface area contributed by atoms with Crippen molar-refractivity contribution in [3.05, 3.63) is 18.0 Å². The molecule has 1 heterocycles. The van der Waals surface area contributed by atoms with Gasteiger partial charge in [0.15, 0.2) is 0 Å². The summed E-state index contributed by atoms with van der Waals surface area (Å²) < 4.78 is 5.69. The second-order valence-corrected chi connectivity index (χ2v) is 3.38. The molecule has 0 aliphatic heterocycles. The second kappa shape index (κ2) is 3.24. The lowest BCUT2D eigenvalue weighted by atomic mass is 10.2. The fourth-order valence-corrected chi connectivity index (χ4v) is 1.22. The first kappa shape index (κ1) is 8.35. The first-order valence-corrected chi connectivity index (χ1v) is 4.70. The number of rotatable bonds is 3. The Balaban J connectivity index is 2.22. The van der Waals surface area contributed by atoms with Crippen molar-refractivity contribution in [2.45, 2.75) is 32.3 Å². The lowest BCUT2D eigenvalue weighted by Gasteiger charge is -2.08. The molecule has 1 saturated carbocycles. The average Bonchev–Trinajstić information content (AvgIpc) is 2.89. The van der Waals surface area contributed by atoms with Crippen LogP contribution in [0.5, 0.6) is 5.75 Å². The molecule has 1 fully saturated rings. The highest BCUT2D eigenvalue weighted by molar-refractivity contribution is 5.44. The smallest absolute Gasteiger partial charge is 0.143 e. The standard InChI is InChI=1S/C10H14N2O/c1-2-9-10(13-8-3-4-8)5-7(11)6-12-9/h5-6,8H,2-4,11H2,1H3. The predicted molar refractivity (Wildman–Crippen MR) is 51.7 cm³/mol. The molecule has 13 heavy (non-hydrogen) atoms. The lowest BCUT2D eigenvalue weighted by molar-refractivity contribution is 0.299. The predicted octanol–water partition coefficient (Wildman–Crippen LogP) is 1.77. The van der Waals surface area contributed by atoms with Gasteiger partial charge in [-0.1, -0.05) is 6.92 Å². The molecule has 2 rings (SSSR count). The molecular formula is C10H14N2O. The van der Waals surface area contributed by atoms with E-state index < -0.39 is 0 Å². The number of pyridine rings is 1. The number of nitrogens with zero attached hydrogens (tertiary/aromatic N) is 1. The van der Waals surface area contributed by atoms with Crippen molar-refractivity contribution in [1.29, 1.82) is 0 Å². The quantitative estimate of drug-likeness (QED) is 0.767. The van der Waals surface area contributed by atoms with Crippen LogP contribution < -0.4 is 10.5 Å². The van der Waals surface area contributed by atoms with E-state index >= 15 is 0 Å². The summed E-state index contributed by atoms with van der Waals surface area (Å²) in [4.78, 5) is 4.23. The maximum Gasteiger partial charge on any atom is 0.143 e. The molecule has 3 heteroatoms. The third kappa shape index (κ3) is 1.91. The second-order valence-electron chi connectivity index (χ2n) is 3.38. The number of ether oxygens (including phenoxy) is 1. The van der Waals surface area contributed by atoms with Gasteiger partial charge in [0, 0.05) is 6.07 Å². The molecule has 2 N–H and O–H groups in total. The zero-order valence-electron chi connectivity index (χ0n) is 7.79. The SMILES string of the molecule is CCc1ncc(N)cc1OC1CC1. The van der Waals surface area contributed by atoms with Gasteiger partial charge in [-0.3, -0.25) is 4.98 Å². The van der Waals surface area contributed by atoms with Crippen molar-refractivity contribution in [2.24, 2.45) is 0 Å². The number of aromatic nitrogens is 1. The first-order chi connectivity index (χ1) is 6.29. The molecule has 0 aromatic carbocycles. The van der Waals surface area contributed by atoms with Gasteiger partial charge in [0.2, 0.25) is 0 Å². The molecule has 0 amide bonds.